The van der Waals surface area contributed by atoms with E-state index in [0.29, 0.717) is 5.56 Å². The third-order valence-electron chi connectivity index (χ3n) is 5.19. The van der Waals surface area contributed by atoms with Gasteiger partial charge in [0.05, 0.1) is 0 Å². The smallest absolute Gasteiger partial charge is 0.191 e. The minimum absolute atomic E-state index is 0.0148. The molecule has 0 radical (unpaired) electrons. The Balaban J connectivity index is 1.67. The molecule has 1 aliphatic rings. The number of carbonyl (C=O) groups is 1. The lowest BCUT2D eigenvalue weighted by molar-refractivity contribution is 0.104. The zero-order valence-electron chi connectivity index (χ0n) is 15.3. The Hall–Kier alpha value is -3.07. The summed E-state index contributed by atoms with van der Waals surface area (Å²) < 4.78 is 2.21. The van der Waals surface area contributed by atoms with E-state index in [9.17, 15) is 9.90 Å². The summed E-state index contributed by atoms with van der Waals surface area (Å²) in [5.41, 5.74) is 5.02. The van der Waals surface area contributed by atoms with Crippen LogP contribution in [0.5, 0.6) is 0 Å². The Morgan fingerprint density at radius 2 is 1.63 bits per heavy atom. The van der Waals surface area contributed by atoms with Crippen LogP contribution in [0.25, 0.3) is 5.76 Å². The van der Waals surface area contributed by atoms with Crippen molar-refractivity contribution in [2.45, 2.75) is 32.2 Å². The zero-order chi connectivity index (χ0) is 18.6. The average Bonchev–Trinajstić information content (AvgIpc) is 3.08. The minimum atomic E-state index is -0.124. The van der Waals surface area contributed by atoms with Crippen molar-refractivity contribution in [3.05, 3.63) is 101 Å². The molecular formula is C24H23NO2. The molecule has 0 unspecified atom stereocenters. The number of allylic oxidation sites excluding steroid dienone is 1. The summed E-state index contributed by atoms with van der Waals surface area (Å²) in [5, 5.41) is 10.3. The van der Waals surface area contributed by atoms with Crippen LogP contribution in [0.15, 0.2) is 72.9 Å². The molecule has 27 heavy (non-hydrogen) atoms. The lowest BCUT2D eigenvalue weighted by atomic mass is 9.93. The molecule has 1 N–H and O–H groups in total. The number of hydrogen-bond acceptors (Lipinski definition) is 2. The van der Waals surface area contributed by atoms with Crippen molar-refractivity contribution >= 4 is 11.5 Å². The Kier molecular flexibility index (Phi) is 4.93. The fraction of sp³-hybridized carbons (Fsp3) is 0.208. The van der Waals surface area contributed by atoms with Crippen molar-refractivity contribution in [2.75, 3.05) is 0 Å². The Morgan fingerprint density at radius 3 is 2.37 bits per heavy atom. The van der Waals surface area contributed by atoms with E-state index in [1.165, 1.54) is 17.3 Å². The van der Waals surface area contributed by atoms with Crippen LogP contribution in [0.4, 0.5) is 0 Å². The Morgan fingerprint density at radius 1 is 0.963 bits per heavy atom. The van der Waals surface area contributed by atoms with Gasteiger partial charge in [0.1, 0.15) is 5.76 Å². The fourth-order valence-electron chi connectivity index (χ4n) is 3.84. The first-order valence-corrected chi connectivity index (χ1v) is 9.47. The second-order valence-corrected chi connectivity index (χ2v) is 7.05. The molecule has 3 aromatic rings. The first-order chi connectivity index (χ1) is 13.2. The lowest BCUT2D eigenvalue weighted by Gasteiger charge is -2.16. The summed E-state index contributed by atoms with van der Waals surface area (Å²) in [7, 11) is 0. The van der Waals surface area contributed by atoms with Crippen molar-refractivity contribution in [3.63, 3.8) is 0 Å². The zero-order valence-corrected chi connectivity index (χ0v) is 15.3. The first kappa shape index (κ1) is 17.3. The molecule has 0 atom stereocenters. The normalized spacial score (nSPS) is 14.0. The van der Waals surface area contributed by atoms with Gasteiger partial charge in [-0.1, -0.05) is 60.7 Å². The monoisotopic (exact) mass is 357 g/mol. The Labute approximate surface area is 159 Å². The van der Waals surface area contributed by atoms with Gasteiger partial charge in [-0.25, -0.2) is 0 Å². The van der Waals surface area contributed by atoms with Gasteiger partial charge in [-0.15, -0.1) is 0 Å². The van der Waals surface area contributed by atoms with Crippen molar-refractivity contribution in [1.29, 1.82) is 0 Å². The van der Waals surface area contributed by atoms with Crippen LogP contribution in [0.3, 0.4) is 0 Å². The predicted molar refractivity (Wildman–Crippen MR) is 108 cm³/mol. The number of aromatic nitrogens is 1. The van der Waals surface area contributed by atoms with E-state index in [4.69, 9.17) is 0 Å². The van der Waals surface area contributed by atoms with E-state index in [0.717, 1.165) is 43.4 Å². The van der Waals surface area contributed by atoms with E-state index in [1.807, 2.05) is 42.6 Å². The van der Waals surface area contributed by atoms with E-state index in [2.05, 4.69) is 16.7 Å². The van der Waals surface area contributed by atoms with Crippen LogP contribution < -0.4 is 0 Å². The highest BCUT2D eigenvalue weighted by atomic mass is 16.3. The van der Waals surface area contributed by atoms with Gasteiger partial charge in [-0.2, -0.15) is 0 Å². The number of carbonyl (C=O) groups excluding carboxylic acids is 1. The molecule has 0 saturated heterocycles. The molecule has 0 fully saturated rings. The summed E-state index contributed by atoms with van der Waals surface area (Å²) >= 11 is 0. The molecule has 1 aliphatic carbocycles. The number of nitrogens with zero attached hydrogens (tertiary/aromatic N) is 1. The number of hydrogen-bond donors (Lipinski definition) is 1. The third kappa shape index (κ3) is 3.72. The number of aliphatic hydroxyl groups excluding tert-OH is 1. The number of ketones is 1. The maximum Gasteiger partial charge on any atom is 0.191 e. The predicted octanol–water partition coefficient (Wildman–Crippen LogP) is 5.20. The molecule has 0 aliphatic heterocycles. The fourth-order valence-corrected chi connectivity index (χ4v) is 3.84. The maximum atomic E-state index is 12.9. The number of aliphatic hydroxyl groups is 1. The molecule has 1 aromatic heterocycles. The third-order valence-corrected chi connectivity index (χ3v) is 5.19. The molecule has 3 nitrogen and oxygen atoms in total. The topological polar surface area (TPSA) is 42.2 Å². The standard InChI is InChI=1S/C24H23NO2/c26-23(19-11-5-2-6-12-19)15-24(27)21-17-25(16-18-9-3-1-4-10-18)22-14-8-7-13-20(21)22/h1-6,9-12,15,17,26H,7-8,13-14,16H2/b23-15-. The second-order valence-electron chi connectivity index (χ2n) is 7.05. The molecule has 1 heterocycles. The van der Waals surface area contributed by atoms with Gasteiger partial charge >= 0.3 is 0 Å². The molecule has 0 saturated carbocycles. The van der Waals surface area contributed by atoms with E-state index in [-0.39, 0.29) is 11.5 Å². The summed E-state index contributed by atoms with van der Waals surface area (Å²) in [6.45, 7) is 0.769. The van der Waals surface area contributed by atoms with Crippen molar-refractivity contribution in [3.8, 4) is 0 Å². The van der Waals surface area contributed by atoms with Gasteiger partial charge in [-0.05, 0) is 36.8 Å². The van der Waals surface area contributed by atoms with E-state index in [1.54, 1.807) is 12.1 Å². The van der Waals surface area contributed by atoms with Crippen molar-refractivity contribution in [1.82, 2.24) is 4.57 Å². The molecule has 3 heteroatoms. The van der Waals surface area contributed by atoms with Crippen LogP contribution in [-0.4, -0.2) is 15.5 Å². The van der Waals surface area contributed by atoms with Crippen LogP contribution in [-0.2, 0) is 19.4 Å². The lowest BCUT2D eigenvalue weighted by Crippen LogP contribution is -2.09. The molecule has 136 valence electrons. The molecule has 0 spiro atoms. The Bertz CT molecular complexity index is 968. The first-order valence-electron chi connectivity index (χ1n) is 9.47. The molecular weight excluding hydrogens is 334 g/mol. The van der Waals surface area contributed by atoms with E-state index >= 15 is 0 Å². The average molecular weight is 357 g/mol. The summed E-state index contributed by atoms with van der Waals surface area (Å²) in [4.78, 5) is 12.9. The number of rotatable bonds is 5. The SMILES string of the molecule is O=C(/C=C(\O)c1ccccc1)c1cn(Cc2ccccc2)c2c1CCCC2. The van der Waals surface area contributed by atoms with Gasteiger partial charge in [0.25, 0.3) is 0 Å². The van der Waals surface area contributed by atoms with Gasteiger partial charge in [0, 0.05) is 35.6 Å². The second kappa shape index (κ2) is 7.67. The summed E-state index contributed by atoms with van der Waals surface area (Å²) in [6, 6.07) is 19.5. The number of benzene rings is 2. The van der Waals surface area contributed by atoms with Crippen LogP contribution in [0.1, 0.15) is 45.6 Å². The summed E-state index contributed by atoms with van der Waals surface area (Å²) in [6.07, 6.45) is 7.52. The highest BCUT2D eigenvalue weighted by Gasteiger charge is 2.22. The van der Waals surface area contributed by atoms with Gasteiger partial charge < -0.3 is 9.67 Å². The van der Waals surface area contributed by atoms with Crippen LogP contribution in [0.2, 0.25) is 0 Å². The van der Waals surface area contributed by atoms with Crippen LogP contribution >= 0.6 is 0 Å². The van der Waals surface area contributed by atoms with Gasteiger partial charge in [0.15, 0.2) is 5.78 Å². The van der Waals surface area contributed by atoms with E-state index < -0.39 is 0 Å². The molecule has 0 bridgehead atoms. The van der Waals surface area contributed by atoms with Crippen LogP contribution in [0, 0.1) is 0 Å². The highest BCUT2D eigenvalue weighted by molar-refractivity contribution is 6.09. The van der Waals surface area contributed by atoms with Gasteiger partial charge in [0.2, 0.25) is 0 Å². The van der Waals surface area contributed by atoms with Gasteiger partial charge in [-0.3, -0.25) is 4.79 Å². The minimum Gasteiger partial charge on any atom is -0.507 e. The molecule has 4 rings (SSSR count). The largest absolute Gasteiger partial charge is 0.507 e. The molecule has 2 aromatic carbocycles. The maximum absolute atomic E-state index is 12.9. The van der Waals surface area contributed by atoms with Crippen molar-refractivity contribution < 1.29 is 9.90 Å². The quantitative estimate of drug-likeness (QED) is 0.387. The number of fused-ring (bicyclic) bond motifs is 1. The summed E-state index contributed by atoms with van der Waals surface area (Å²) in [5.74, 6) is -0.109. The molecule has 0 amide bonds. The van der Waals surface area contributed by atoms with Crippen molar-refractivity contribution in [2.24, 2.45) is 0 Å². The highest BCUT2D eigenvalue weighted by Crippen LogP contribution is 2.28.